The predicted octanol–water partition coefficient (Wildman–Crippen LogP) is 13.9. The molecule has 2 heterocycles. The van der Waals surface area contributed by atoms with Crippen LogP contribution in [-0.4, -0.2) is 0 Å². The highest BCUT2D eigenvalue weighted by Gasteiger charge is 2.19. The van der Waals surface area contributed by atoms with Gasteiger partial charge < -0.3 is 4.42 Å². The smallest absolute Gasteiger partial charge is 0.136 e. The summed E-state index contributed by atoms with van der Waals surface area (Å²) in [6.07, 6.45) is 0. The molecule has 2 aromatic heterocycles. The summed E-state index contributed by atoms with van der Waals surface area (Å²) in [5, 5.41) is 15.0. The Kier molecular flexibility index (Phi) is 5.32. The number of hydrogen-bond acceptors (Lipinski definition) is 2. The Balaban J connectivity index is 1.17. The Morgan fingerprint density at radius 1 is 0.354 bits per heavy atom. The fourth-order valence-electron chi connectivity index (χ4n) is 8.11. The Hall–Kier alpha value is -5.96. The molecule has 11 aromatic rings. The highest BCUT2D eigenvalue weighted by Crippen LogP contribution is 2.46. The minimum atomic E-state index is 0.915. The zero-order chi connectivity index (χ0) is 31.3. The molecule has 2 heteroatoms. The molecule has 48 heavy (non-hydrogen) atoms. The zero-order valence-electron chi connectivity index (χ0n) is 25.8. The van der Waals surface area contributed by atoms with Crippen LogP contribution in [0.25, 0.3) is 107 Å². The molecule has 0 atom stereocenters. The third kappa shape index (κ3) is 3.61. The number of fused-ring (bicyclic) bond motifs is 12. The summed E-state index contributed by atoms with van der Waals surface area (Å²) in [4.78, 5) is 0. The van der Waals surface area contributed by atoms with Crippen LogP contribution in [0.1, 0.15) is 0 Å². The third-order valence-electron chi connectivity index (χ3n) is 10.2. The van der Waals surface area contributed by atoms with E-state index in [1.165, 1.54) is 85.3 Å². The molecular weight excluding hydrogens is 601 g/mol. The molecule has 0 spiro atoms. The number of thiophene rings is 1. The van der Waals surface area contributed by atoms with Crippen LogP contribution < -0.4 is 0 Å². The van der Waals surface area contributed by atoms with Gasteiger partial charge in [0.25, 0.3) is 0 Å². The average Bonchev–Trinajstić information content (AvgIpc) is 3.72. The molecule has 0 aliphatic rings. The maximum atomic E-state index is 6.66. The molecule has 0 radical (unpaired) electrons. The molecule has 0 saturated heterocycles. The normalized spacial score (nSPS) is 12.2. The van der Waals surface area contributed by atoms with Crippen LogP contribution in [0.15, 0.2) is 162 Å². The zero-order valence-corrected chi connectivity index (χ0v) is 26.6. The highest BCUT2D eigenvalue weighted by atomic mass is 32.1. The molecule has 9 aromatic carbocycles. The van der Waals surface area contributed by atoms with Crippen molar-refractivity contribution in [3.05, 3.63) is 158 Å². The van der Waals surface area contributed by atoms with E-state index < -0.39 is 0 Å². The van der Waals surface area contributed by atoms with E-state index in [0.717, 1.165) is 22.1 Å². The van der Waals surface area contributed by atoms with Gasteiger partial charge in [-0.25, -0.2) is 0 Å². The van der Waals surface area contributed by atoms with E-state index in [1.807, 2.05) is 11.3 Å². The van der Waals surface area contributed by atoms with Crippen molar-refractivity contribution in [1.82, 2.24) is 0 Å². The first-order chi connectivity index (χ1) is 23.8. The summed E-state index contributed by atoms with van der Waals surface area (Å²) in [7, 11) is 0. The average molecular weight is 627 g/mol. The Bertz CT molecular complexity index is 3060. The van der Waals surface area contributed by atoms with Crippen molar-refractivity contribution in [3.8, 4) is 22.3 Å². The summed E-state index contributed by atoms with van der Waals surface area (Å²) in [6, 6.07) is 57.7. The fraction of sp³-hybridized carbons (Fsp3) is 0. The Morgan fingerprint density at radius 2 is 0.896 bits per heavy atom. The number of hydrogen-bond donors (Lipinski definition) is 0. The maximum Gasteiger partial charge on any atom is 0.136 e. The SMILES string of the molecule is c1ccc2cc(-c3c4ccccc4c(-c4ccc5c(c4)oc4ccc6c(ccc7c8ccccc8sc76)c45)c4ccccc34)ccc2c1. The van der Waals surface area contributed by atoms with Crippen molar-refractivity contribution in [2.24, 2.45) is 0 Å². The van der Waals surface area contributed by atoms with Gasteiger partial charge in [0.2, 0.25) is 0 Å². The van der Waals surface area contributed by atoms with Crippen LogP contribution in [0.3, 0.4) is 0 Å². The van der Waals surface area contributed by atoms with Gasteiger partial charge in [0.15, 0.2) is 0 Å². The van der Waals surface area contributed by atoms with Crippen LogP contribution in [0.5, 0.6) is 0 Å². The molecule has 222 valence electrons. The summed E-state index contributed by atoms with van der Waals surface area (Å²) in [5.74, 6) is 0. The van der Waals surface area contributed by atoms with Crippen LogP contribution in [0.2, 0.25) is 0 Å². The molecule has 1 nitrogen and oxygen atoms in total. The summed E-state index contributed by atoms with van der Waals surface area (Å²) >= 11 is 1.88. The van der Waals surface area contributed by atoms with Gasteiger partial charge in [-0.3, -0.25) is 0 Å². The van der Waals surface area contributed by atoms with Gasteiger partial charge in [0, 0.05) is 36.3 Å². The van der Waals surface area contributed by atoms with Gasteiger partial charge in [-0.15, -0.1) is 11.3 Å². The van der Waals surface area contributed by atoms with Crippen molar-refractivity contribution in [3.63, 3.8) is 0 Å². The molecule has 0 unspecified atom stereocenters. The van der Waals surface area contributed by atoms with E-state index >= 15 is 0 Å². The Morgan fingerprint density at radius 3 is 1.65 bits per heavy atom. The second kappa shape index (κ2) is 9.78. The lowest BCUT2D eigenvalue weighted by Gasteiger charge is -2.18. The van der Waals surface area contributed by atoms with Crippen LogP contribution in [0.4, 0.5) is 0 Å². The largest absolute Gasteiger partial charge is 0.456 e. The van der Waals surface area contributed by atoms with Gasteiger partial charge in [0.1, 0.15) is 11.2 Å². The highest BCUT2D eigenvalue weighted by molar-refractivity contribution is 7.26. The first-order valence-corrected chi connectivity index (χ1v) is 17.2. The summed E-state index contributed by atoms with van der Waals surface area (Å²) < 4.78 is 9.32. The Labute approximate surface area is 279 Å². The molecule has 11 rings (SSSR count). The van der Waals surface area contributed by atoms with Gasteiger partial charge in [-0.05, 0) is 96.4 Å². The van der Waals surface area contributed by atoms with E-state index in [4.69, 9.17) is 4.42 Å². The van der Waals surface area contributed by atoms with Gasteiger partial charge >= 0.3 is 0 Å². The van der Waals surface area contributed by atoms with E-state index in [9.17, 15) is 0 Å². The summed E-state index contributed by atoms with van der Waals surface area (Å²) in [5.41, 5.74) is 6.76. The second-order valence-corrected chi connectivity index (χ2v) is 13.8. The van der Waals surface area contributed by atoms with Crippen LogP contribution in [-0.2, 0) is 0 Å². The molecular formula is C46H26OS. The molecule has 0 saturated carbocycles. The van der Waals surface area contributed by atoms with Crippen molar-refractivity contribution in [1.29, 1.82) is 0 Å². The minimum Gasteiger partial charge on any atom is -0.456 e. The second-order valence-electron chi connectivity index (χ2n) is 12.8. The van der Waals surface area contributed by atoms with E-state index in [0.29, 0.717) is 0 Å². The molecule has 0 aliphatic heterocycles. The monoisotopic (exact) mass is 626 g/mol. The third-order valence-corrected chi connectivity index (χ3v) is 11.5. The van der Waals surface area contributed by atoms with Gasteiger partial charge in [-0.1, -0.05) is 121 Å². The van der Waals surface area contributed by atoms with E-state index in [2.05, 4.69) is 158 Å². The van der Waals surface area contributed by atoms with Gasteiger partial charge in [-0.2, -0.15) is 0 Å². The van der Waals surface area contributed by atoms with Gasteiger partial charge in [0.05, 0.1) is 0 Å². The summed E-state index contributed by atoms with van der Waals surface area (Å²) in [6.45, 7) is 0. The molecule has 0 N–H and O–H groups in total. The molecule has 0 aliphatic carbocycles. The van der Waals surface area contributed by atoms with Crippen LogP contribution in [0, 0.1) is 0 Å². The topological polar surface area (TPSA) is 13.1 Å². The number of benzene rings is 9. The number of furan rings is 1. The van der Waals surface area contributed by atoms with Crippen molar-refractivity contribution >= 4 is 96.5 Å². The molecule has 0 amide bonds. The predicted molar refractivity (Wildman–Crippen MR) is 208 cm³/mol. The fourth-order valence-corrected chi connectivity index (χ4v) is 9.34. The lowest BCUT2D eigenvalue weighted by Crippen LogP contribution is -1.91. The van der Waals surface area contributed by atoms with Crippen molar-refractivity contribution < 1.29 is 4.42 Å². The minimum absolute atomic E-state index is 0.915. The van der Waals surface area contributed by atoms with E-state index in [-0.39, 0.29) is 0 Å². The molecule has 0 bridgehead atoms. The van der Waals surface area contributed by atoms with Crippen molar-refractivity contribution in [2.75, 3.05) is 0 Å². The van der Waals surface area contributed by atoms with Crippen molar-refractivity contribution in [2.45, 2.75) is 0 Å². The quantitative estimate of drug-likeness (QED) is 0.174. The maximum absolute atomic E-state index is 6.66. The lowest BCUT2D eigenvalue weighted by atomic mass is 9.85. The van der Waals surface area contributed by atoms with Crippen LogP contribution >= 0.6 is 11.3 Å². The first kappa shape index (κ1) is 26.1. The lowest BCUT2D eigenvalue weighted by molar-refractivity contribution is 0.669. The molecule has 0 fully saturated rings. The first-order valence-electron chi connectivity index (χ1n) is 16.4. The number of rotatable bonds is 2. The standard InChI is InChI=1S/C46H26OS/c1-2-10-28-25-29(18-17-27(28)9-1)43-32-12-3-5-14-34(32)44(35-15-6-4-13-33(35)43)30-19-20-39-41(26-30)47-40-24-23-38-36(45(39)40)21-22-37-31-11-7-8-16-42(31)48-46(37)38/h1-26H. The van der Waals surface area contributed by atoms with E-state index in [1.54, 1.807) is 0 Å².